The van der Waals surface area contributed by atoms with Gasteiger partial charge in [0, 0.05) is 20.1 Å². The number of aromatic amines is 1. The number of piperidine rings is 1. The fraction of sp³-hybridized carbons (Fsp3) is 0.500. The second-order valence-electron chi connectivity index (χ2n) is 7.38. The Bertz CT molecular complexity index is 768. The number of alkyl halides is 3. The summed E-state index contributed by atoms with van der Waals surface area (Å²) in [7, 11) is 1.79. The van der Waals surface area contributed by atoms with Crippen LogP contribution in [0.4, 0.5) is 13.2 Å². The van der Waals surface area contributed by atoms with Crippen LogP contribution in [0.1, 0.15) is 34.5 Å². The highest BCUT2D eigenvalue weighted by Gasteiger charge is 2.30. The second kappa shape index (κ2) is 8.77. The number of rotatable bonds is 6. The zero-order valence-electron chi connectivity index (χ0n) is 15.9. The molecule has 0 atom stereocenters. The molecule has 0 aliphatic carbocycles. The number of nitrogens with one attached hydrogen (secondary N) is 1. The molecule has 152 valence electrons. The number of likely N-dealkylation sites (tertiary alicyclic amines) is 1. The van der Waals surface area contributed by atoms with Crippen LogP contribution in [-0.4, -0.2) is 58.9 Å². The number of hydrogen-bond acceptors (Lipinski definition) is 3. The van der Waals surface area contributed by atoms with Crippen LogP contribution in [0.5, 0.6) is 0 Å². The van der Waals surface area contributed by atoms with E-state index in [4.69, 9.17) is 0 Å². The fourth-order valence-corrected chi connectivity index (χ4v) is 3.63. The van der Waals surface area contributed by atoms with Crippen LogP contribution < -0.4 is 0 Å². The van der Waals surface area contributed by atoms with Gasteiger partial charge < -0.3 is 14.8 Å². The lowest BCUT2D eigenvalue weighted by molar-refractivity contribution is -0.137. The average Bonchev–Trinajstić information content (AvgIpc) is 3.21. The number of hydrogen-bond donors (Lipinski definition) is 1. The van der Waals surface area contributed by atoms with Crippen molar-refractivity contribution in [3.63, 3.8) is 0 Å². The van der Waals surface area contributed by atoms with Gasteiger partial charge in [-0.25, -0.2) is 4.98 Å². The number of amides is 1. The Labute approximate surface area is 162 Å². The van der Waals surface area contributed by atoms with Gasteiger partial charge in [-0.1, -0.05) is 18.2 Å². The minimum absolute atomic E-state index is 0.0653. The molecule has 8 heteroatoms. The van der Waals surface area contributed by atoms with E-state index in [2.05, 4.69) is 14.9 Å². The molecule has 0 bridgehead atoms. The third-order valence-electron chi connectivity index (χ3n) is 5.29. The molecule has 1 amide bonds. The highest BCUT2D eigenvalue weighted by atomic mass is 19.4. The molecule has 2 aromatic rings. The normalized spacial score (nSPS) is 16.3. The summed E-state index contributed by atoms with van der Waals surface area (Å²) in [6.45, 7) is 3.24. The zero-order chi connectivity index (χ0) is 20.1. The van der Waals surface area contributed by atoms with E-state index in [0.717, 1.165) is 38.5 Å². The molecule has 5 nitrogen and oxygen atoms in total. The maximum Gasteiger partial charge on any atom is 0.416 e. The van der Waals surface area contributed by atoms with Gasteiger partial charge in [0.25, 0.3) is 5.91 Å². The first-order valence-electron chi connectivity index (χ1n) is 9.45. The third-order valence-corrected chi connectivity index (χ3v) is 5.29. The van der Waals surface area contributed by atoms with E-state index in [9.17, 15) is 18.0 Å². The molecule has 28 heavy (non-hydrogen) atoms. The predicted octanol–water partition coefficient (Wildman–Crippen LogP) is 3.46. The summed E-state index contributed by atoms with van der Waals surface area (Å²) < 4.78 is 38.4. The van der Waals surface area contributed by atoms with Gasteiger partial charge in [-0.3, -0.25) is 4.79 Å². The Morgan fingerprint density at radius 2 is 2.07 bits per heavy atom. The van der Waals surface area contributed by atoms with Gasteiger partial charge in [0.1, 0.15) is 5.69 Å². The van der Waals surface area contributed by atoms with Crippen LogP contribution in [-0.2, 0) is 12.6 Å². The number of halogens is 3. The van der Waals surface area contributed by atoms with E-state index in [1.807, 2.05) is 0 Å². The fourth-order valence-electron chi connectivity index (χ4n) is 3.63. The summed E-state index contributed by atoms with van der Waals surface area (Å²) in [5.41, 5.74) is 0.608. The molecule has 0 spiro atoms. The number of carbonyl (C=O) groups excluding carboxylic acids is 1. The van der Waals surface area contributed by atoms with E-state index >= 15 is 0 Å². The molecule has 3 rings (SSSR count). The van der Waals surface area contributed by atoms with Gasteiger partial charge in [-0.15, -0.1) is 0 Å². The van der Waals surface area contributed by atoms with Crippen LogP contribution >= 0.6 is 0 Å². The van der Waals surface area contributed by atoms with Crippen molar-refractivity contribution in [2.45, 2.75) is 25.4 Å². The van der Waals surface area contributed by atoms with Crippen LogP contribution in [0, 0.1) is 5.92 Å². The van der Waals surface area contributed by atoms with E-state index in [0.29, 0.717) is 30.1 Å². The van der Waals surface area contributed by atoms with Crippen molar-refractivity contribution in [2.75, 3.05) is 33.2 Å². The van der Waals surface area contributed by atoms with Crippen LogP contribution in [0.2, 0.25) is 0 Å². The van der Waals surface area contributed by atoms with Crippen molar-refractivity contribution in [2.24, 2.45) is 5.92 Å². The molecule has 1 aromatic carbocycles. The summed E-state index contributed by atoms with van der Waals surface area (Å²) in [5, 5.41) is 0. The van der Waals surface area contributed by atoms with Crippen molar-refractivity contribution in [1.29, 1.82) is 0 Å². The molecule has 1 aliphatic heterocycles. The standard InChI is InChI=1S/C20H25F3N4O/c1-26(19(28)18-12-24-14-25-18)13-16-6-9-27(10-7-16)8-5-15-3-2-4-17(11-15)20(21,22)23/h2-4,11-12,14,16H,5-10,13H2,1H3,(H,24,25). The van der Waals surface area contributed by atoms with E-state index < -0.39 is 11.7 Å². The van der Waals surface area contributed by atoms with Crippen LogP contribution in [0.25, 0.3) is 0 Å². The molecule has 2 heterocycles. The zero-order valence-corrected chi connectivity index (χ0v) is 15.9. The third kappa shape index (κ3) is 5.34. The smallest absolute Gasteiger partial charge is 0.341 e. The number of imidazole rings is 1. The Hall–Kier alpha value is -2.35. The van der Waals surface area contributed by atoms with Crippen molar-refractivity contribution >= 4 is 5.91 Å². The Morgan fingerprint density at radius 1 is 1.32 bits per heavy atom. The topological polar surface area (TPSA) is 52.2 Å². The number of nitrogens with zero attached hydrogens (tertiary/aromatic N) is 3. The highest BCUT2D eigenvalue weighted by Crippen LogP contribution is 2.29. The van der Waals surface area contributed by atoms with Crippen molar-refractivity contribution < 1.29 is 18.0 Å². The lowest BCUT2D eigenvalue weighted by Crippen LogP contribution is -2.40. The maximum atomic E-state index is 12.8. The molecular formula is C20H25F3N4O. The molecule has 0 radical (unpaired) electrons. The quantitative estimate of drug-likeness (QED) is 0.817. The second-order valence-corrected chi connectivity index (χ2v) is 7.38. The molecule has 0 unspecified atom stereocenters. The highest BCUT2D eigenvalue weighted by molar-refractivity contribution is 5.91. The van der Waals surface area contributed by atoms with Gasteiger partial charge in [0.15, 0.2) is 0 Å². The molecule has 1 fully saturated rings. The molecule has 0 saturated carbocycles. The number of benzene rings is 1. The lowest BCUT2D eigenvalue weighted by Gasteiger charge is -2.33. The molecule has 1 N–H and O–H groups in total. The van der Waals surface area contributed by atoms with Gasteiger partial charge in [-0.05, 0) is 49.9 Å². The maximum absolute atomic E-state index is 12.8. The van der Waals surface area contributed by atoms with Crippen molar-refractivity contribution in [1.82, 2.24) is 19.8 Å². The van der Waals surface area contributed by atoms with Gasteiger partial charge in [0.05, 0.1) is 18.1 Å². The summed E-state index contributed by atoms with van der Waals surface area (Å²) in [6, 6.07) is 5.56. The lowest BCUT2D eigenvalue weighted by atomic mass is 9.95. The number of H-pyrrole nitrogens is 1. The van der Waals surface area contributed by atoms with E-state index in [-0.39, 0.29) is 5.91 Å². The first-order valence-corrected chi connectivity index (χ1v) is 9.45. The molecule has 1 aliphatic rings. The molecular weight excluding hydrogens is 369 g/mol. The van der Waals surface area contributed by atoms with Gasteiger partial charge in [0.2, 0.25) is 0 Å². The average molecular weight is 394 g/mol. The first kappa shape index (κ1) is 20.4. The summed E-state index contributed by atoms with van der Waals surface area (Å²) >= 11 is 0. The van der Waals surface area contributed by atoms with Gasteiger partial charge >= 0.3 is 6.18 Å². The van der Waals surface area contributed by atoms with Gasteiger partial charge in [-0.2, -0.15) is 13.2 Å². The molecule has 1 saturated heterocycles. The predicted molar refractivity (Wildman–Crippen MR) is 99.9 cm³/mol. The largest absolute Gasteiger partial charge is 0.416 e. The Balaban J connectivity index is 1.43. The number of carbonyl (C=O) groups is 1. The SMILES string of the molecule is CN(CC1CCN(CCc2cccc(C(F)(F)F)c2)CC1)C(=O)c1cnc[nH]1. The minimum Gasteiger partial charge on any atom is -0.341 e. The summed E-state index contributed by atoms with van der Waals surface area (Å²) in [4.78, 5) is 23.0. The van der Waals surface area contributed by atoms with E-state index in [1.54, 1.807) is 18.0 Å². The van der Waals surface area contributed by atoms with Crippen molar-refractivity contribution in [3.8, 4) is 0 Å². The summed E-state index contributed by atoms with van der Waals surface area (Å²) in [5.74, 6) is 0.367. The number of aromatic nitrogens is 2. The Kier molecular flexibility index (Phi) is 6.39. The molecule has 1 aromatic heterocycles. The Morgan fingerprint density at radius 3 is 2.71 bits per heavy atom. The van der Waals surface area contributed by atoms with E-state index in [1.165, 1.54) is 24.7 Å². The first-order chi connectivity index (χ1) is 13.3. The summed E-state index contributed by atoms with van der Waals surface area (Å²) in [6.07, 6.45) is 1.27. The van der Waals surface area contributed by atoms with Crippen LogP contribution in [0.15, 0.2) is 36.8 Å². The monoisotopic (exact) mass is 394 g/mol. The van der Waals surface area contributed by atoms with Crippen molar-refractivity contribution in [3.05, 3.63) is 53.6 Å². The van der Waals surface area contributed by atoms with Crippen LogP contribution in [0.3, 0.4) is 0 Å². The minimum atomic E-state index is -4.30.